The van der Waals surface area contributed by atoms with Crippen molar-refractivity contribution in [2.75, 3.05) is 25.6 Å². The van der Waals surface area contributed by atoms with Crippen molar-refractivity contribution in [2.45, 2.75) is 25.7 Å². The van der Waals surface area contributed by atoms with Crippen molar-refractivity contribution < 1.29 is 19.2 Å². The number of hydrogen-bond acceptors (Lipinski definition) is 5. The molecule has 128 valence electrons. The van der Waals surface area contributed by atoms with Crippen LogP contribution < -0.4 is 5.32 Å². The highest BCUT2D eigenvalue weighted by atomic mass is 16.5. The number of carbonyl (C=O) groups is 1. The van der Waals surface area contributed by atoms with Gasteiger partial charge in [0.15, 0.2) is 17.1 Å². The molecular formula is C18H22N2O4. The van der Waals surface area contributed by atoms with E-state index in [1.807, 2.05) is 18.2 Å². The summed E-state index contributed by atoms with van der Waals surface area (Å²) < 4.78 is 10.7. The summed E-state index contributed by atoms with van der Waals surface area (Å²) >= 11 is 0. The van der Waals surface area contributed by atoms with E-state index in [9.17, 15) is 9.90 Å². The minimum absolute atomic E-state index is 0.0381. The van der Waals surface area contributed by atoms with Crippen LogP contribution in [0.1, 0.15) is 36.0 Å². The molecule has 0 unspecified atom stereocenters. The van der Waals surface area contributed by atoms with Gasteiger partial charge in [0.05, 0.1) is 6.61 Å². The van der Waals surface area contributed by atoms with Crippen LogP contribution in [-0.4, -0.2) is 36.5 Å². The third kappa shape index (κ3) is 3.28. The zero-order valence-corrected chi connectivity index (χ0v) is 13.7. The van der Waals surface area contributed by atoms with E-state index in [1.54, 1.807) is 19.2 Å². The van der Waals surface area contributed by atoms with Crippen LogP contribution in [0.25, 0.3) is 11.3 Å². The van der Waals surface area contributed by atoms with Crippen molar-refractivity contribution in [1.82, 2.24) is 5.16 Å². The normalized spacial score (nSPS) is 16.2. The lowest BCUT2D eigenvalue weighted by Gasteiger charge is -2.28. The maximum atomic E-state index is 11.7. The zero-order chi connectivity index (χ0) is 17.0. The number of aromatic nitrogens is 1. The number of benzene rings is 1. The fourth-order valence-corrected chi connectivity index (χ4v) is 3.47. The predicted molar refractivity (Wildman–Crippen MR) is 90.2 cm³/mol. The van der Waals surface area contributed by atoms with Crippen LogP contribution in [0.15, 0.2) is 34.9 Å². The SMILES string of the molecule is COCC1(CNc2noc(-c3ccccc3)c2C(=O)O)CCCC1. The maximum Gasteiger partial charge on any atom is 0.343 e. The van der Waals surface area contributed by atoms with Gasteiger partial charge in [-0.25, -0.2) is 4.79 Å². The number of methoxy groups -OCH3 is 1. The van der Waals surface area contributed by atoms with E-state index < -0.39 is 5.97 Å². The quantitative estimate of drug-likeness (QED) is 0.806. The van der Waals surface area contributed by atoms with Crippen LogP contribution in [-0.2, 0) is 4.74 Å². The fourth-order valence-electron chi connectivity index (χ4n) is 3.47. The Labute approximate surface area is 140 Å². The molecule has 3 rings (SSSR count). The van der Waals surface area contributed by atoms with Crippen molar-refractivity contribution in [3.63, 3.8) is 0 Å². The van der Waals surface area contributed by atoms with Gasteiger partial charge >= 0.3 is 5.97 Å². The molecule has 0 atom stereocenters. The Morgan fingerprint density at radius 2 is 2.04 bits per heavy atom. The Bertz CT molecular complexity index is 690. The van der Waals surface area contributed by atoms with E-state index >= 15 is 0 Å². The van der Waals surface area contributed by atoms with Crippen LogP contribution in [0.4, 0.5) is 5.82 Å². The number of carboxylic acids is 1. The van der Waals surface area contributed by atoms with Gasteiger partial charge in [0.2, 0.25) is 0 Å². The Hall–Kier alpha value is -2.34. The van der Waals surface area contributed by atoms with Crippen molar-refractivity contribution >= 4 is 11.8 Å². The van der Waals surface area contributed by atoms with Crippen LogP contribution >= 0.6 is 0 Å². The minimum atomic E-state index is -1.05. The molecule has 1 fully saturated rings. The number of hydrogen-bond donors (Lipinski definition) is 2. The largest absolute Gasteiger partial charge is 0.477 e. The second-order valence-corrected chi connectivity index (χ2v) is 6.40. The van der Waals surface area contributed by atoms with Crippen molar-refractivity contribution in [3.8, 4) is 11.3 Å². The summed E-state index contributed by atoms with van der Waals surface area (Å²) in [7, 11) is 1.70. The third-order valence-electron chi connectivity index (χ3n) is 4.69. The summed E-state index contributed by atoms with van der Waals surface area (Å²) in [6, 6.07) is 9.15. The van der Waals surface area contributed by atoms with E-state index in [0.717, 1.165) is 12.8 Å². The summed E-state index contributed by atoms with van der Waals surface area (Å²) in [6.07, 6.45) is 4.48. The molecule has 1 heterocycles. The molecule has 6 nitrogen and oxygen atoms in total. The summed E-state index contributed by atoms with van der Waals surface area (Å²) in [4.78, 5) is 11.7. The molecule has 6 heteroatoms. The highest BCUT2D eigenvalue weighted by Gasteiger charge is 2.35. The molecule has 0 radical (unpaired) electrons. The molecule has 0 bridgehead atoms. The monoisotopic (exact) mass is 330 g/mol. The van der Waals surface area contributed by atoms with Gasteiger partial charge in [-0.3, -0.25) is 0 Å². The first-order chi connectivity index (χ1) is 11.7. The molecule has 1 aromatic heterocycles. The Morgan fingerprint density at radius 1 is 1.33 bits per heavy atom. The molecule has 1 saturated carbocycles. The number of aromatic carboxylic acids is 1. The molecule has 1 aliphatic rings. The molecule has 0 amide bonds. The number of nitrogens with zero attached hydrogens (tertiary/aromatic N) is 1. The zero-order valence-electron chi connectivity index (χ0n) is 13.7. The summed E-state index contributed by atoms with van der Waals surface area (Å²) in [5, 5.41) is 16.7. The van der Waals surface area contributed by atoms with Crippen molar-refractivity contribution in [1.29, 1.82) is 0 Å². The molecule has 1 aliphatic carbocycles. The number of carboxylic acid groups (broad SMARTS) is 1. The van der Waals surface area contributed by atoms with Gasteiger partial charge in [-0.2, -0.15) is 0 Å². The number of ether oxygens (including phenoxy) is 1. The number of nitrogens with one attached hydrogen (secondary N) is 1. The molecule has 0 saturated heterocycles. The van der Waals surface area contributed by atoms with E-state index in [1.165, 1.54) is 12.8 Å². The average molecular weight is 330 g/mol. The lowest BCUT2D eigenvalue weighted by atomic mass is 9.87. The molecule has 2 N–H and O–H groups in total. The van der Waals surface area contributed by atoms with Gasteiger partial charge in [-0.15, -0.1) is 0 Å². The van der Waals surface area contributed by atoms with Crippen LogP contribution in [0.3, 0.4) is 0 Å². The van der Waals surface area contributed by atoms with E-state index in [2.05, 4.69) is 10.5 Å². The Balaban J connectivity index is 1.84. The average Bonchev–Trinajstić information content (AvgIpc) is 3.21. The van der Waals surface area contributed by atoms with E-state index in [0.29, 0.717) is 18.7 Å². The molecule has 1 aromatic carbocycles. The van der Waals surface area contributed by atoms with Gasteiger partial charge in [-0.05, 0) is 12.8 Å². The molecule has 0 aliphatic heterocycles. The van der Waals surface area contributed by atoms with Gasteiger partial charge < -0.3 is 19.7 Å². The number of rotatable bonds is 7. The second-order valence-electron chi connectivity index (χ2n) is 6.40. The number of anilines is 1. The van der Waals surface area contributed by atoms with Gasteiger partial charge in [-0.1, -0.05) is 48.3 Å². The van der Waals surface area contributed by atoms with Crippen molar-refractivity contribution in [3.05, 3.63) is 35.9 Å². The van der Waals surface area contributed by atoms with Crippen molar-refractivity contribution in [2.24, 2.45) is 5.41 Å². The van der Waals surface area contributed by atoms with Crippen LogP contribution in [0.2, 0.25) is 0 Å². The highest BCUT2D eigenvalue weighted by Crippen LogP contribution is 2.39. The van der Waals surface area contributed by atoms with Crippen LogP contribution in [0.5, 0.6) is 0 Å². The van der Waals surface area contributed by atoms with Gasteiger partial charge in [0.1, 0.15) is 0 Å². The summed E-state index contributed by atoms with van der Waals surface area (Å²) in [5.41, 5.74) is 0.811. The summed E-state index contributed by atoms with van der Waals surface area (Å²) in [5.74, 6) is -0.494. The first-order valence-electron chi connectivity index (χ1n) is 8.16. The molecule has 2 aromatic rings. The standard InChI is InChI=1S/C18H22N2O4/c1-23-12-18(9-5-6-10-18)11-19-16-14(17(21)22)15(24-20-16)13-7-3-2-4-8-13/h2-4,7-8H,5-6,9-12H2,1H3,(H,19,20)(H,21,22). The van der Waals surface area contributed by atoms with Gasteiger partial charge in [0, 0.05) is 24.6 Å². The van der Waals surface area contributed by atoms with E-state index in [4.69, 9.17) is 9.26 Å². The third-order valence-corrected chi connectivity index (χ3v) is 4.69. The predicted octanol–water partition coefficient (Wildman–Crippen LogP) is 3.66. The topological polar surface area (TPSA) is 84.6 Å². The van der Waals surface area contributed by atoms with E-state index in [-0.39, 0.29) is 22.6 Å². The van der Waals surface area contributed by atoms with Crippen LogP contribution in [0, 0.1) is 5.41 Å². The molecule has 24 heavy (non-hydrogen) atoms. The lowest BCUT2D eigenvalue weighted by molar-refractivity contribution is 0.0697. The molecule has 0 spiro atoms. The maximum absolute atomic E-state index is 11.7. The smallest absolute Gasteiger partial charge is 0.343 e. The first kappa shape index (κ1) is 16.5. The highest BCUT2D eigenvalue weighted by molar-refractivity contribution is 5.99. The first-order valence-corrected chi connectivity index (χ1v) is 8.16. The van der Waals surface area contributed by atoms with Gasteiger partial charge in [0.25, 0.3) is 0 Å². The lowest BCUT2D eigenvalue weighted by Crippen LogP contribution is -2.31. The summed E-state index contributed by atoms with van der Waals surface area (Å²) in [6.45, 7) is 1.29. The Kier molecular flexibility index (Phi) is 4.85. The fraction of sp³-hybridized carbons (Fsp3) is 0.444. The second kappa shape index (κ2) is 7.05. The molecular weight excluding hydrogens is 308 g/mol. The minimum Gasteiger partial charge on any atom is -0.477 e. The Morgan fingerprint density at radius 3 is 2.67 bits per heavy atom.